The summed E-state index contributed by atoms with van der Waals surface area (Å²) in [5.74, 6) is 1.42. The molecule has 146 valence electrons. The lowest BCUT2D eigenvalue weighted by Gasteiger charge is -2.11. The number of rotatable bonds is 6. The smallest absolute Gasteiger partial charge is 0.227 e. The minimum atomic E-state index is -0.0991. The van der Waals surface area contributed by atoms with Crippen LogP contribution in [0.2, 0.25) is 0 Å². The highest BCUT2D eigenvalue weighted by molar-refractivity contribution is 5.95. The summed E-state index contributed by atoms with van der Waals surface area (Å²) in [5.41, 5.74) is 5.72. The molecule has 2 N–H and O–H groups in total. The summed E-state index contributed by atoms with van der Waals surface area (Å²) < 4.78 is 5.75. The van der Waals surface area contributed by atoms with Crippen LogP contribution < -0.4 is 10.1 Å². The van der Waals surface area contributed by atoms with Gasteiger partial charge in [0.25, 0.3) is 0 Å². The molecule has 1 aromatic heterocycles. The average molecular weight is 385 g/mol. The van der Waals surface area contributed by atoms with Gasteiger partial charge in [0.05, 0.1) is 29.7 Å². The number of nitrogens with zero attached hydrogens (tertiary/aromatic N) is 1. The molecule has 0 fully saturated rings. The first-order chi connectivity index (χ1) is 14.1. The molecule has 1 heterocycles. The van der Waals surface area contributed by atoms with Crippen molar-refractivity contribution in [1.29, 1.82) is 0 Å². The number of aromatic nitrogens is 2. The maximum Gasteiger partial charge on any atom is 0.227 e. The van der Waals surface area contributed by atoms with Gasteiger partial charge in [-0.05, 0) is 61.4 Å². The lowest BCUT2D eigenvalue weighted by molar-refractivity contribution is -0.116. The van der Waals surface area contributed by atoms with E-state index in [9.17, 15) is 4.79 Å². The van der Waals surface area contributed by atoms with Crippen molar-refractivity contribution in [3.8, 4) is 17.1 Å². The Morgan fingerprint density at radius 1 is 1.00 bits per heavy atom. The first-order valence-electron chi connectivity index (χ1n) is 9.63. The maximum absolute atomic E-state index is 12.5. The predicted octanol–water partition coefficient (Wildman–Crippen LogP) is 5.25. The Bertz CT molecular complexity index is 1110. The molecule has 5 nitrogen and oxygen atoms in total. The lowest BCUT2D eigenvalue weighted by atomic mass is 10.1. The number of imidazole rings is 1. The molecule has 0 saturated heterocycles. The SMILES string of the molecule is Cc1cc(C)cc(OCCC(=O)Nc2ccccc2-c2nc3ccccc3[nH]2)c1. The largest absolute Gasteiger partial charge is 0.493 e. The zero-order chi connectivity index (χ0) is 20.2. The minimum absolute atomic E-state index is 0.0991. The van der Waals surface area contributed by atoms with E-state index >= 15 is 0 Å². The van der Waals surface area contributed by atoms with Crippen LogP contribution in [-0.4, -0.2) is 22.5 Å². The second-order valence-electron chi connectivity index (χ2n) is 7.12. The van der Waals surface area contributed by atoms with Gasteiger partial charge in [0.1, 0.15) is 11.6 Å². The topological polar surface area (TPSA) is 67.0 Å². The Balaban J connectivity index is 1.43. The van der Waals surface area contributed by atoms with E-state index < -0.39 is 0 Å². The van der Waals surface area contributed by atoms with Crippen molar-refractivity contribution in [2.24, 2.45) is 0 Å². The molecule has 0 aliphatic heterocycles. The van der Waals surface area contributed by atoms with E-state index in [0.29, 0.717) is 6.61 Å². The Hall–Kier alpha value is -3.60. The number of H-pyrrole nitrogens is 1. The number of amides is 1. The molecule has 0 aliphatic rings. The number of aromatic amines is 1. The summed E-state index contributed by atoms with van der Waals surface area (Å²) in [6.07, 6.45) is 0.265. The van der Waals surface area contributed by atoms with Gasteiger partial charge < -0.3 is 15.0 Å². The number of hydrogen-bond acceptors (Lipinski definition) is 3. The molecule has 29 heavy (non-hydrogen) atoms. The van der Waals surface area contributed by atoms with Gasteiger partial charge in [0, 0.05) is 5.56 Å². The Kier molecular flexibility index (Phi) is 5.29. The Labute approximate surface area is 169 Å². The van der Waals surface area contributed by atoms with Crippen LogP contribution in [-0.2, 0) is 4.79 Å². The molecule has 0 radical (unpaired) electrons. The normalized spacial score (nSPS) is 10.8. The predicted molar refractivity (Wildman–Crippen MR) is 116 cm³/mol. The first-order valence-corrected chi connectivity index (χ1v) is 9.63. The highest BCUT2D eigenvalue weighted by Crippen LogP contribution is 2.27. The monoisotopic (exact) mass is 385 g/mol. The van der Waals surface area contributed by atoms with Gasteiger partial charge in [-0.3, -0.25) is 4.79 Å². The van der Waals surface area contributed by atoms with Gasteiger partial charge in [0.15, 0.2) is 0 Å². The Morgan fingerprint density at radius 2 is 1.72 bits per heavy atom. The molecule has 4 rings (SSSR count). The summed E-state index contributed by atoms with van der Waals surface area (Å²) >= 11 is 0. The molecule has 0 bridgehead atoms. The summed E-state index contributed by atoms with van der Waals surface area (Å²) in [7, 11) is 0. The molecule has 0 unspecified atom stereocenters. The molecule has 0 spiro atoms. The number of ether oxygens (including phenoxy) is 1. The van der Waals surface area contributed by atoms with Crippen LogP contribution >= 0.6 is 0 Å². The third kappa shape index (κ3) is 4.46. The number of para-hydroxylation sites is 3. The van der Waals surface area contributed by atoms with E-state index in [1.807, 2.05) is 74.5 Å². The molecular weight excluding hydrogens is 362 g/mol. The van der Waals surface area contributed by atoms with Crippen molar-refractivity contribution < 1.29 is 9.53 Å². The maximum atomic E-state index is 12.5. The van der Waals surface area contributed by atoms with Gasteiger partial charge in [-0.2, -0.15) is 0 Å². The molecular formula is C24H23N3O2. The van der Waals surface area contributed by atoms with Gasteiger partial charge in [-0.25, -0.2) is 4.98 Å². The summed E-state index contributed by atoms with van der Waals surface area (Å²) in [6, 6.07) is 21.6. The van der Waals surface area contributed by atoms with Crippen molar-refractivity contribution in [2.75, 3.05) is 11.9 Å². The molecule has 1 amide bonds. The van der Waals surface area contributed by atoms with E-state index in [1.54, 1.807) is 0 Å². The van der Waals surface area contributed by atoms with Gasteiger partial charge in [0.2, 0.25) is 5.91 Å². The second kappa shape index (κ2) is 8.19. The standard InChI is InChI=1S/C24H23N3O2/c1-16-13-17(2)15-18(14-16)29-12-11-23(28)25-20-8-4-3-7-19(20)24-26-21-9-5-6-10-22(21)27-24/h3-10,13-15H,11-12H2,1-2H3,(H,25,28)(H,26,27). The molecule has 0 aliphatic carbocycles. The molecule has 4 aromatic rings. The number of fused-ring (bicyclic) bond motifs is 1. The van der Waals surface area contributed by atoms with E-state index in [4.69, 9.17) is 4.74 Å². The average Bonchev–Trinajstić information content (AvgIpc) is 3.11. The summed E-state index contributed by atoms with van der Waals surface area (Å²) in [5, 5.41) is 2.98. The fourth-order valence-corrected chi connectivity index (χ4v) is 3.37. The van der Waals surface area contributed by atoms with E-state index in [0.717, 1.165) is 45.0 Å². The second-order valence-corrected chi connectivity index (χ2v) is 7.12. The van der Waals surface area contributed by atoms with Crippen LogP contribution in [0.5, 0.6) is 5.75 Å². The first kappa shape index (κ1) is 18.7. The van der Waals surface area contributed by atoms with E-state index in [1.165, 1.54) is 0 Å². The summed E-state index contributed by atoms with van der Waals surface area (Å²) in [4.78, 5) is 20.4. The highest BCUT2D eigenvalue weighted by atomic mass is 16.5. The third-order valence-corrected chi connectivity index (χ3v) is 4.64. The molecule has 3 aromatic carbocycles. The van der Waals surface area contributed by atoms with E-state index in [-0.39, 0.29) is 12.3 Å². The fourth-order valence-electron chi connectivity index (χ4n) is 3.37. The number of benzene rings is 3. The van der Waals surface area contributed by atoms with E-state index in [2.05, 4.69) is 21.4 Å². The van der Waals surface area contributed by atoms with Crippen molar-refractivity contribution in [1.82, 2.24) is 9.97 Å². The van der Waals surface area contributed by atoms with Crippen molar-refractivity contribution >= 4 is 22.6 Å². The zero-order valence-electron chi connectivity index (χ0n) is 16.5. The minimum Gasteiger partial charge on any atom is -0.493 e. The number of hydrogen-bond donors (Lipinski definition) is 2. The quantitative estimate of drug-likeness (QED) is 0.476. The van der Waals surface area contributed by atoms with Crippen LogP contribution in [0.1, 0.15) is 17.5 Å². The zero-order valence-corrected chi connectivity index (χ0v) is 16.5. The third-order valence-electron chi connectivity index (χ3n) is 4.64. The van der Waals surface area contributed by atoms with Crippen molar-refractivity contribution in [3.05, 3.63) is 77.9 Å². The number of nitrogens with one attached hydrogen (secondary N) is 2. The summed E-state index contributed by atoms with van der Waals surface area (Å²) in [6.45, 7) is 4.38. The fraction of sp³-hybridized carbons (Fsp3) is 0.167. The highest BCUT2D eigenvalue weighted by Gasteiger charge is 2.12. The number of carbonyl (C=O) groups is 1. The van der Waals surface area contributed by atoms with Gasteiger partial charge >= 0.3 is 0 Å². The van der Waals surface area contributed by atoms with Crippen molar-refractivity contribution in [2.45, 2.75) is 20.3 Å². The van der Waals surface area contributed by atoms with Gasteiger partial charge in [-0.15, -0.1) is 0 Å². The van der Waals surface area contributed by atoms with Crippen LogP contribution in [0, 0.1) is 13.8 Å². The number of carbonyl (C=O) groups excluding carboxylic acids is 1. The molecule has 0 atom stereocenters. The Morgan fingerprint density at radius 3 is 2.52 bits per heavy atom. The lowest BCUT2D eigenvalue weighted by Crippen LogP contribution is -2.15. The van der Waals surface area contributed by atoms with Crippen LogP contribution in [0.3, 0.4) is 0 Å². The van der Waals surface area contributed by atoms with Crippen LogP contribution in [0.15, 0.2) is 66.7 Å². The van der Waals surface area contributed by atoms with Crippen molar-refractivity contribution in [3.63, 3.8) is 0 Å². The number of anilines is 1. The van der Waals surface area contributed by atoms with Crippen LogP contribution in [0.25, 0.3) is 22.4 Å². The van der Waals surface area contributed by atoms with Crippen LogP contribution in [0.4, 0.5) is 5.69 Å². The number of aryl methyl sites for hydroxylation is 2. The molecule has 0 saturated carbocycles. The molecule has 5 heteroatoms. The van der Waals surface area contributed by atoms with Gasteiger partial charge in [-0.1, -0.05) is 30.3 Å².